The average molecular weight is 225 g/mol. The van der Waals surface area contributed by atoms with Gasteiger partial charge in [0.2, 0.25) is 0 Å². The molecule has 1 aromatic rings. The van der Waals surface area contributed by atoms with E-state index in [0.29, 0.717) is 11.3 Å². The Morgan fingerprint density at radius 3 is 2.69 bits per heavy atom. The molecule has 0 aliphatic rings. The van der Waals surface area contributed by atoms with Gasteiger partial charge in [0.1, 0.15) is 0 Å². The average Bonchev–Trinajstić information content (AvgIpc) is 2.31. The Labute approximate surface area is 93.8 Å². The molecule has 1 rings (SSSR count). The molecule has 1 atom stereocenters. The van der Waals surface area contributed by atoms with Crippen LogP contribution in [0.15, 0.2) is 18.2 Å². The van der Waals surface area contributed by atoms with Crippen LogP contribution in [0.2, 0.25) is 0 Å². The number of hydrogen-bond acceptors (Lipinski definition) is 5. The molecule has 0 spiro atoms. The molecule has 1 unspecified atom stereocenters. The second-order valence-electron chi connectivity index (χ2n) is 3.24. The summed E-state index contributed by atoms with van der Waals surface area (Å²) in [5.74, 6) is -0.624. The van der Waals surface area contributed by atoms with Gasteiger partial charge in [0.25, 0.3) is 0 Å². The number of hydrogen-bond donors (Lipinski definition) is 2. The van der Waals surface area contributed by atoms with Gasteiger partial charge >= 0.3 is 5.97 Å². The van der Waals surface area contributed by atoms with E-state index >= 15 is 0 Å². The monoisotopic (exact) mass is 225 g/mol. The van der Waals surface area contributed by atoms with Gasteiger partial charge in [-0.15, -0.1) is 0 Å². The van der Waals surface area contributed by atoms with E-state index in [-0.39, 0.29) is 12.3 Å². The maximum atomic E-state index is 11.4. The van der Waals surface area contributed by atoms with Gasteiger partial charge in [-0.3, -0.25) is 4.79 Å². The molecule has 0 aromatic heterocycles. The maximum absolute atomic E-state index is 11.4. The summed E-state index contributed by atoms with van der Waals surface area (Å²) in [7, 11) is 2.75. The minimum absolute atomic E-state index is 0.0203. The highest BCUT2D eigenvalue weighted by Gasteiger charge is 2.20. The summed E-state index contributed by atoms with van der Waals surface area (Å²) in [5, 5.41) is 9.41. The minimum Gasteiger partial charge on any atom is -0.504 e. The van der Waals surface area contributed by atoms with Crippen molar-refractivity contribution in [1.29, 1.82) is 0 Å². The van der Waals surface area contributed by atoms with E-state index in [0.717, 1.165) is 0 Å². The molecule has 0 bridgehead atoms. The summed E-state index contributed by atoms with van der Waals surface area (Å²) >= 11 is 0. The molecule has 0 saturated heterocycles. The van der Waals surface area contributed by atoms with E-state index in [1.54, 1.807) is 12.1 Å². The van der Waals surface area contributed by atoms with Gasteiger partial charge in [0.05, 0.1) is 20.1 Å². The molecule has 16 heavy (non-hydrogen) atoms. The molecule has 5 heteroatoms. The Kier molecular flexibility index (Phi) is 4.13. The molecule has 1 aromatic carbocycles. The highest BCUT2D eigenvalue weighted by Crippen LogP contribution is 2.29. The maximum Gasteiger partial charge on any atom is 0.314 e. The predicted octanol–water partition coefficient (Wildman–Crippen LogP) is 0.616. The van der Waals surface area contributed by atoms with Crippen LogP contribution < -0.4 is 10.5 Å². The number of phenolic OH excluding ortho intramolecular Hbond substituents is 1. The first-order valence-electron chi connectivity index (χ1n) is 4.78. The number of aromatic hydroxyl groups is 1. The molecule has 0 fully saturated rings. The lowest BCUT2D eigenvalue weighted by molar-refractivity contribution is -0.142. The summed E-state index contributed by atoms with van der Waals surface area (Å²) in [4.78, 5) is 11.4. The van der Waals surface area contributed by atoms with Crippen LogP contribution in [0.1, 0.15) is 11.5 Å². The Balaban J connectivity index is 3.06. The quantitative estimate of drug-likeness (QED) is 0.734. The number of ether oxygens (including phenoxy) is 2. The van der Waals surface area contributed by atoms with Crippen molar-refractivity contribution >= 4 is 5.97 Å². The van der Waals surface area contributed by atoms with Crippen LogP contribution in [0.5, 0.6) is 11.5 Å². The molecule has 5 nitrogen and oxygen atoms in total. The van der Waals surface area contributed by atoms with Crippen molar-refractivity contribution in [1.82, 2.24) is 0 Å². The van der Waals surface area contributed by atoms with Crippen molar-refractivity contribution in [2.24, 2.45) is 5.73 Å². The number of nitrogens with two attached hydrogens (primary N) is 1. The third kappa shape index (κ3) is 2.43. The molecule has 0 radical (unpaired) electrons. The number of methoxy groups -OCH3 is 2. The fourth-order valence-corrected chi connectivity index (χ4v) is 1.42. The summed E-state index contributed by atoms with van der Waals surface area (Å²) in [6.07, 6.45) is 0. The van der Waals surface area contributed by atoms with E-state index in [4.69, 9.17) is 10.5 Å². The highest BCUT2D eigenvalue weighted by molar-refractivity contribution is 5.78. The summed E-state index contributed by atoms with van der Waals surface area (Å²) in [5.41, 5.74) is 6.16. The van der Waals surface area contributed by atoms with Crippen LogP contribution in [0, 0.1) is 0 Å². The third-order valence-electron chi connectivity index (χ3n) is 2.33. The van der Waals surface area contributed by atoms with Crippen molar-refractivity contribution in [2.45, 2.75) is 5.92 Å². The summed E-state index contributed by atoms with van der Waals surface area (Å²) in [6.45, 7) is 0.139. The van der Waals surface area contributed by atoms with Crippen molar-refractivity contribution in [3.63, 3.8) is 0 Å². The Morgan fingerprint density at radius 2 is 2.19 bits per heavy atom. The van der Waals surface area contributed by atoms with E-state index in [9.17, 15) is 9.90 Å². The third-order valence-corrected chi connectivity index (χ3v) is 2.33. The molecule has 3 N–H and O–H groups in total. The van der Waals surface area contributed by atoms with Crippen LogP contribution in [0.4, 0.5) is 0 Å². The van der Waals surface area contributed by atoms with Gasteiger partial charge in [0, 0.05) is 6.54 Å². The Hall–Kier alpha value is -1.75. The van der Waals surface area contributed by atoms with Gasteiger partial charge in [-0.25, -0.2) is 0 Å². The molecular formula is C11H15NO4. The first-order valence-corrected chi connectivity index (χ1v) is 4.78. The molecule has 0 saturated carbocycles. The first kappa shape index (κ1) is 12.3. The van der Waals surface area contributed by atoms with E-state index in [2.05, 4.69) is 4.74 Å². The van der Waals surface area contributed by atoms with Crippen LogP contribution >= 0.6 is 0 Å². The van der Waals surface area contributed by atoms with Crippen LogP contribution in [0.3, 0.4) is 0 Å². The number of esters is 1. The summed E-state index contributed by atoms with van der Waals surface area (Å²) < 4.78 is 9.59. The smallest absolute Gasteiger partial charge is 0.314 e. The molecular weight excluding hydrogens is 210 g/mol. The fourth-order valence-electron chi connectivity index (χ4n) is 1.42. The summed E-state index contributed by atoms with van der Waals surface area (Å²) in [6, 6.07) is 4.65. The van der Waals surface area contributed by atoms with Crippen LogP contribution in [0.25, 0.3) is 0 Å². The minimum atomic E-state index is -0.542. The van der Waals surface area contributed by atoms with Gasteiger partial charge in [-0.1, -0.05) is 6.07 Å². The second-order valence-corrected chi connectivity index (χ2v) is 3.24. The van der Waals surface area contributed by atoms with Crippen molar-refractivity contribution in [3.05, 3.63) is 23.8 Å². The fraction of sp³-hybridized carbons (Fsp3) is 0.364. The molecule has 88 valence electrons. The van der Waals surface area contributed by atoms with Crippen LogP contribution in [-0.4, -0.2) is 31.8 Å². The van der Waals surface area contributed by atoms with Gasteiger partial charge in [0.15, 0.2) is 11.5 Å². The number of carbonyl (C=O) groups is 1. The van der Waals surface area contributed by atoms with Crippen molar-refractivity contribution in [2.75, 3.05) is 20.8 Å². The zero-order chi connectivity index (χ0) is 12.1. The van der Waals surface area contributed by atoms with E-state index < -0.39 is 11.9 Å². The predicted molar refractivity (Wildman–Crippen MR) is 58.5 cm³/mol. The SMILES string of the molecule is COC(=O)C(CN)c1ccc(O)c(OC)c1. The van der Waals surface area contributed by atoms with E-state index in [1.807, 2.05) is 0 Å². The zero-order valence-electron chi connectivity index (χ0n) is 9.27. The first-order chi connectivity index (χ1) is 7.63. The topological polar surface area (TPSA) is 81.8 Å². The van der Waals surface area contributed by atoms with Gasteiger partial charge in [-0.05, 0) is 17.7 Å². The highest BCUT2D eigenvalue weighted by atomic mass is 16.5. The lowest BCUT2D eigenvalue weighted by Gasteiger charge is -2.14. The number of rotatable bonds is 4. The number of benzene rings is 1. The lowest BCUT2D eigenvalue weighted by Crippen LogP contribution is -2.22. The van der Waals surface area contributed by atoms with Gasteiger partial charge in [-0.2, -0.15) is 0 Å². The number of carbonyl (C=O) groups excluding carboxylic acids is 1. The number of phenols is 1. The zero-order valence-corrected chi connectivity index (χ0v) is 9.27. The van der Waals surface area contributed by atoms with Crippen molar-refractivity contribution < 1.29 is 19.4 Å². The van der Waals surface area contributed by atoms with Crippen LogP contribution in [-0.2, 0) is 9.53 Å². The second kappa shape index (κ2) is 5.37. The standard InChI is InChI=1S/C11H15NO4/c1-15-10-5-7(3-4-9(10)13)8(6-12)11(14)16-2/h3-5,8,13H,6,12H2,1-2H3. The molecule has 0 heterocycles. The Bertz CT molecular complexity index is 378. The Morgan fingerprint density at radius 1 is 1.50 bits per heavy atom. The molecule has 0 amide bonds. The molecule has 0 aliphatic carbocycles. The lowest BCUT2D eigenvalue weighted by atomic mass is 9.99. The van der Waals surface area contributed by atoms with Gasteiger partial charge < -0.3 is 20.3 Å². The van der Waals surface area contributed by atoms with Crippen molar-refractivity contribution in [3.8, 4) is 11.5 Å². The largest absolute Gasteiger partial charge is 0.504 e. The normalized spacial score (nSPS) is 11.9. The van der Waals surface area contributed by atoms with E-state index in [1.165, 1.54) is 20.3 Å². The molecule has 0 aliphatic heterocycles.